The molecule has 154 valence electrons. The number of methoxy groups -OCH3 is 1. The Balaban J connectivity index is 1.74. The minimum Gasteiger partial charge on any atom is -0.459 e. The summed E-state index contributed by atoms with van der Waals surface area (Å²) in [5.74, 6) is -0.532. The van der Waals surface area contributed by atoms with Crippen LogP contribution in [0.15, 0.2) is 73.3 Å². The minimum absolute atomic E-state index is 0.0945. The van der Waals surface area contributed by atoms with Gasteiger partial charge >= 0.3 is 5.97 Å². The van der Waals surface area contributed by atoms with E-state index < -0.39 is 30.6 Å². The van der Waals surface area contributed by atoms with E-state index in [1.165, 1.54) is 13.2 Å². The van der Waals surface area contributed by atoms with E-state index in [1.807, 2.05) is 60.7 Å². The molecule has 4 atom stereocenters. The molecule has 0 spiro atoms. The fourth-order valence-electron chi connectivity index (χ4n) is 3.12. The lowest BCUT2D eigenvalue weighted by Gasteiger charge is -2.24. The van der Waals surface area contributed by atoms with Crippen LogP contribution in [0, 0.1) is 0 Å². The first-order chi connectivity index (χ1) is 14.2. The molecule has 1 fully saturated rings. The first-order valence-corrected chi connectivity index (χ1v) is 9.49. The van der Waals surface area contributed by atoms with Gasteiger partial charge in [-0.1, -0.05) is 73.3 Å². The molecule has 1 aliphatic rings. The van der Waals surface area contributed by atoms with Gasteiger partial charge in [-0.25, -0.2) is 4.79 Å². The molecule has 0 amide bonds. The first-order valence-electron chi connectivity index (χ1n) is 9.49. The number of esters is 1. The average molecular weight is 398 g/mol. The molecule has 0 N–H and O–H groups in total. The summed E-state index contributed by atoms with van der Waals surface area (Å²) in [5.41, 5.74) is 1.98. The van der Waals surface area contributed by atoms with Crippen molar-refractivity contribution in [3.63, 3.8) is 0 Å². The van der Waals surface area contributed by atoms with Crippen LogP contribution in [0.5, 0.6) is 0 Å². The number of hydrogen-bond acceptors (Lipinski definition) is 6. The molecule has 1 heterocycles. The zero-order valence-electron chi connectivity index (χ0n) is 16.4. The Morgan fingerprint density at radius 1 is 0.966 bits per heavy atom. The molecular formula is C23H26O6. The van der Waals surface area contributed by atoms with Gasteiger partial charge in [-0.15, -0.1) is 0 Å². The first kappa shape index (κ1) is 21.2. The summed E-state index contributed by atoms with van der Waals surface area (Å²) in [4.78, 5) is 12.5. The molecule has 2 aromatic rings. The van der Waals surface area contributed by atoms with Crippen molar-refractivity contribution in [3.8, 4) is 0 Å². The van der Waals surface area contributed by atoms with Crippen molar-refractivity contribution in [2.75, 3.05) is 13.7 Å². The molecule has 0 radical (unpaired) electrons. The van der Waals surface area contributed by atoms with Crippen molar-refractivity contribution in [3.05, 3.63) is 84.4 Å². The van der Waals surface area contributed by atoms with Gasteiger partial charge in [0.25, 0.3) is 0 Å². The smallest absolute Gasteiger partial charge is 0.338 e. The molecule has 6 nitrogen and oxygen atoms in total. The molecule has 6 heteroatoms. The van der Waals surface area contributed by atoms with Crippen LogP contribution in [0.2, 0.25) is 0 Å². The Morgan fingerprint density at radius 3 is 2.03 bits per heavy atom. The monoisotopic (exact) mass is 398 g/mol. The van der Waals surface area contributed by atoms with Crippen LogP contribution in [0.25, 0.3) is 0 Å². The van der Waals surface area contributed by atoms with Gasteiger partial charge in [0.2, 0.25) is 0 Å². The number of carbonyl (C=O) groups excluding carboxylic acids is 1. The Labute approximate surface area is 171 Å². The third-order valence-electron chi connectivity index (χ3n) is 4.55. The number of carbonyl (C=O) groups is 1. The van der Waals surface area contributed by atoms with Gasteiger partial charge in [0.15, 0.2) is 12.4 Å². The van der Waals surface area contributed by atoms with Crippen LogP contribution < -0.4 is 0 Å². The molecule has 0 aliphatic carbocycles. The molecular weight excluding hydrogens is 372 g/mol. The summed E-state index contributed by atoms with van der Waals surface area (Å²) in [6, 6.07) is 19.5. The highest BCUT2D eigenvalue weighted by Crippen LogP contribution is 2.29. The van der Waals surface area contributed by atoms with Crippen molar-refractivity contribution in [1.82, 2.24) is 0 Å². The summed E-state index contributed by atoms with van der Waals surface area (Å²) in [5, 5.41) is 0. The zero-order valence-corrected chi connectivity index (χ0v) is 16.4. The van der Waals surface area contributed by atoms with E-state index >= 15 is 0 Å². The normalized spacial score (nSPS) is 23.6. The van der Waals surface area contributed by atoms with E-state index in [2.05, 4.69) is 6.58 Å². The second-order valence-electron chi connectivity index (χ2n) is 6.60. The number of rotatable bonds is 10. The van der Waals surface area contributed by atoms with E-state index in [9.17, 15) is 4.79 Å². The average Bonchev–Trinajstić information content (AvgIpc) is 3.13. The van der Waals surface area contributed by atoms with Crippen LogP contribution in [-0.4, -0.2) is 44.3 Å². The fraction of sp³-hybridized carbons (Fsp3) is 0.348. The Morgan fingerprint density at radius 2 is 1.52 bits per heavy atom. The Hall–Kier alpha value is -2.51. The SMILES string of the molecule is C=CCOC(=O)[C@H]1O[C@H](OC)[C@@H](OCc2ccccc2)[C@H]1OCc1ccccc1. The molecule has 29 heavy (non-hydrogen) atoms. The van der Waals surface area contributed by atoms with Crippen molar-refractivity contribution in [2.24, 2.45) is 0 Å². The maximum absolute atomic E-state index is 12.5. The summed E-state index contributed by atoms with van der Waals surface area (Å²) >= 11 is 0. The van der Waals surface area contributed by atoms with Crippen LogP contribution in [0.4, 0.5) is 0 Å². The molecule has 0 bridgehead atoms. The van der Waals surface area contributed by atoms with Gasteiger partial charge in [0.05, 0.1) is 13.2 Å². The number of hydrogen-bond donors (Lipinski definition) is 0. The summed E-state index contributed by atoms with van der Waals surface area (Å²) < 4.78 is 28.6. The highest BCUT2D eigenvalue weighted by molar-refractivity contribution is 5.76. The third-order valence-corrected chi connectivity index (χ3v) is 4.55. The molecule has 0 saturated carbocycles. The van der Waals surface area contributed by atoms with Crippen molar-refractivity contribution in [2.45, 2.75) is 37.8 Å². The Kier molecular flexibility index (Phi) is 7.95. The van der Waals surface area contributed by atoms with Gasteiger partial charge in [-0.2, -0.15) is 0 Å². The highest BCUT2D eigenvalue weighted by atomic mass is 16.7. The second-order valence-corrected chi connectivity index (χ2v) is 6.60. The zero-order chi connectivity index (χ0) is 20.5. The second kappa shape index (κ2) is 10.9. The van der Waals surface area contributed by atoms with Crippen LogP contribution in [0.3, 0.4) is 0 Å². The summed E-state index contributed by atoms with van der Waals surface area (Å²) in [6.07, 6.45) is -1.47. The maximum atomic E-state index is 12.5. The van der Waals surface area contributed by atoms with Crippen molar-refractivity contribution in [1.29, 1.82) is 0 Å². The van der Waals surface area contributed by atoms with Crippen LogP contribution in [0.1, 0.15) is 11.1 Å². The largest absolute Gasteiger partial charge is 0.459 e. The molecule has 0 unspecified atom stereocenters. The molecule has 1 saturated heterocycles. The lowest BCUT2D eigenvalue weighted by atomic mass is 10.1. The molecule has 3 rings (SSSR count). The Bertz CT molecular complexity index is 763. The van der Waals surface area contributed by atoms with Gasteiger partial charge in [0.1, 0.15) is 18.8 Å². The molecule has 1 aliphatic heterocycles. The molecule has 2 aromatic carbocycles. The summed E-state index contributed by atoms with van der Waals surface area (Å²) in [6.45, 7) is 4.31. The highest BCUT2D eigenvalue weighted by Gasteiger charge is 2.50. The lowest BCUT2D eigenvalue weighted by Crippen LogP contribution is -2.41. The standard InChI is InChI=1S/C23H26O6/c1-3-14-26-22(24)20-19(27-15-17-10-6-4-7-11-17)21(23(25-2)29-20)28-16-18-12-8-5-9-13-18/h3-13,19-21,23H,1,14-16H2,2H3/t19-,20-,21-,23-/m0/s1. The molecule has 0 aromatic heterocycles. The topological polar surface area (TPSA) is 63.2 Å². The van der Waals surface area contributed by atoms with E-state index in [0.717, 1.165) is 11.1 Å². The quantitative estimate of drug-likeness (QED) is 0.452. The van der Waals surface area contributed by atoms with E-state index in [-0.39, 0.29) is 6.61 Å². The van der Waals surface area contributed by atoms with Gasteiger partial charge in [-0.05, 0) is 11.1 Å². The minimum atomic E-state index is -0.954. The van der Waals surface area contributed by atoms with E-state index in [0.29, 0.717) is 13.2 Å². The maximum Gasteiger partial charge on any atom is 0.338 e. The van der Waals surface area contributed by atoms with E-state index in [4.69, 9.17) is 23.7 Å². The van der Waals surface area contributed by atoms with Gasteiger partial charge in [-0.3, -0.25) is 0 Å². The predicted molar refractivity (Wildman–Crippen MR) is 107 cm³/mol. The number of ether oxygens (including phenoxy) is 5. The third kappa shape index (κ3) is 5.74. The summed E-state index contributed by atoms with van der Waals surface area (Å²) in [7, 11) is 1.51. The number of benzene rings is 2. The van der Waals surface area contributed by atoms with E-state index in [1.54, 1.807) is 0 Å². The van der Waals surface area contributed by atoms with Crippen molar-refractivity contribution >= 4 is 5.97 Å². The van der Waals surface area contributed by atoms with Crippen molar-refractivity contribution < 1.29 is 28.5 Å². The van der Waals surface area contributed by atoms with Crippen LogP contribution >= 0.6 is 0 Å². The van der Waals surface area contributed by atoms with Crippen LogP contribution in [-0.2, 0) is 41.7 Å². The fourth-order valence-corrected chi connectivity index (χ4v) is 3.12. The lowest BCUT2D eigenvalue weighted by molar-refractivity contribution is -0.180. The predicted octanol–water partition coefficient (Wildman–Crippen LogP) is 3.26. The van der Waals surface area contributed by atoms with Gasteiger partial charge < -0.3 is 23.7 Å². The van der Waals surface area contributed by atoms with Gasteiger partial charge in [0, 0.05) is 7.11 Å².